The Morgan fingerprint density at radius 1 is 1.07 bits per heavy atom. The van der Waals surface area contributed by atoms with E-state index in [2.05, 4.69) is 5.32 Å². The van der Waals surface area contributed by atoms with Crippen LogP contribution in [0.4, 0.5) is 5.69 Å². The van der Waals surface area contributed by atoms with Crippen molar-refractivity contribution < 1.29 is 28.7 Å². The van der Waals surface area contributed by atoms with Gasteiger partial charge in [-0.1, -0.05) is 0 Å². The van der Waals surface area contributed by atoms with E-state index in [9.17, 15) is 19.7 Å². The Hall–Kier alpha value is -3.36. The number of nitro benzene ring substituents is 1. The summed E-state index contributed by atoms with van der Waals surface area (Å²) < 4.78 is 15.8. The molecule has 0 unspecified atom stereocenters. The van der Waals surface area contributed by atoms with Crippen LogP contribution in [0.5, 0.6) is 5.75 Å². The van der Waals surface area contributed by atoms with Gasteiger partial charge in [0.15, 0.2) is 0 Å². The number of nitro groups is 1. The third-order valence-corrected chi connectivity index (χ3v) is 4.49. The lowest BCUT2D eigenvalue weighted by Gasteiger charge is -2.31. The molecule has 1 N–H and O–H groups in total. The minimum Gasteiger partial charge on any atom is -0.496 e. The van der Waals surface area contributed by atoms with Crippen LogP contribution >= 0.6 is 0 Å². The SMILES string of the molecule is CCOC(=O)C1=C(C)NC(C)=C(C(=O)OCC)C1c1cc([N+](=O)[O-])ccc1OC. The number of non-ortho nitro benzene ring substituents is 1. The molecule has 0 aromatic heterocycles. The number of benzene rings is 1. The fraction of sp³-hybridized carbons (Fsp3) is 0.400. The number of nitrogens with zero attached hydrogens (tertiary/aromatic N) is 1. The van der Waals surface area contributed by atoms with Crippen molar-refractivity contribution in [2.45, 2.75) is 33.6 Å². The second-order valence-electron chi connectivity index (χ2n) is 6.26. The van der Waals surface area contributed by atoms with Crippen LogP contribution < -0.4 is 10.1 Å². The van der Waals surface area contributed by atoms with Gasteiger partial charge in [0.1, 0.15) is 5.75 Å². The predicted octanol–water partition coefficient (Wildman–Crippen LogP) is 2.96. The molecule has 0 aliphatic carbocycles. The summed E-state index contributed by atoms with van der Waals surface area (Å²) in [5.74, 6) is -1.92. The Bertz CT molecular complexity index is 862. The summed E-state index contributed by atoms with van der Waals surface area (Å²) in [7, 11) is 1.41. The highest BCUT2D eigenvalue weighted by Crippen LogP contribution is 2.43. The van der Waals surface area contributed by atoms with Crippen molar-refractivity contribution in [2.24, 2.45) is 0 Å². The summed E-state index contributed by atoms with van der Waals surface area (Å²) >= 11 is 0. The van der Waals surface area contributed by atoms with Crippen LogP contribution in [0, 0.1) is 10.1 Å². The van der Waals surface area contributed by atoms with Crippen molar-refractivity contribution in [3.63, 3.8) is 0 Å². The van der Waals surface area contributed by atoms with Crippen molar-refractivity contribution >= 4 is 17.6 Å². The van der Waals surface area contributed by atoms with Gasteiger partial charge < -0.3 is 19.5 Å². The maximum Gasteiger partial charge on any atom is 0.336 e. The van der Waals surface area contributed by atoms with E-state index in [-0.39, 0.29) is 30.0 Å². The molecule has 29 heavy (non-hydrogen) atoms. The number of hydrogen-bond donors (Lipinski definition) is 1. The number of methoxy groups -OCH3 is 1. The molecule has 1 aliphatic rings. The molecular weight excluding hydrogens is 380 g/mol. The monoisotopic (exact) mass is 404 g/mol. The number of esters is 2. The summed E-state index contributed by atoms with van der Waals surface area (Å²) in [5, 5.41) is 14.4. The molecule has 0 saturated heterocycles. The maximum absolute atomic E-state index is 12.8. The molecule has 0 atom stereocenters. The number of nitrogens with one attached hydrogen (secondary N) is 1. The molecule has 1 aliphatic heterocycles. The van der Waals surface area contributed by atoms with Crippen LogP contribution in [0.25, 0.3) is 0 Å². The molecule has 1 aromatic carbocycles. The van der Waals surface area contributed by atoms with Crippen LogP contribution in [0.1, 0.15) is 39.2 Å². The largest absolute Gasteiger partial charge is 0.496 e. The standard InChI is InChI=1S/C20H24N2O7/c1-6-28-19(23)16-11(3)21-12(4)17(20(24)29-7-2)18(16)14-10-13(22(25)26)8-9-15(14)27-5/h8-10,18,21H,6-7H2,1-5H3. The van der Waals surface area contributed by atoms with Crippen molar-refractivity contribution in [2.75, 3.05) is 20.3 Å². The third kappa shape index (κ3) is 4.39. The first-order valence-corrected chi connectivity index (χ1v) is 9.11. The summed E-state index contributed by atoms with van der Waals surface area (Å²) in [5.41, 5.74) is 1.40. The van der Waals surface area contributed by atoms with Gasteiger partial charge in [0.2, 0.25) is 0 Å². The van der Waals surface area contributed by atoms with Crippen molar-refractivity contribution in [3.8, 4) is 5.75 Å². The van der Waals surface area contributed by atoms with E-state index in [0.29, 0.717) is 22.7 Å². The first-order chi connectivity index (χ1) is 13.8. The normalized spacial score (nSPS) is 14.4. The van der Waals surface area contributed by atoms with Gasteiger partial charge in [-0.2, -0.15) is 0 Å². The second kappa shape index (κ2) is 9.22. The number of rotatable bonds is 7. The highest BCUT2D eigenvalue weighted by molar-refractivity contribution is 6.00. The van der Waals surface area contributed by atoms with Crippen molar-refractivity contribution in [1.82, 2.24) is 5.32 Å². The van der Waals surface area contributed by atoms with Gasteiger partial charge in [-0.25, -0.2) is 9.59 Å². The average molecular weight is 404 g/mol. The Morgan fingerprint density at radius 3 is 2.00 bits per heavy atom. The Labute approximate surface area is 168 Å². The molecule has 1 aromatic rings. The second-order valence-corrected chi connectivity index (χ2v) is 6.26. The number of ether oxygens (including phenoxy) is 3. The molecule has 1 heterocycles. The minimum atomic E-state index is -0.954. The zero-order valence-electron chi connectivity index (χ0n) is 17.0. The lowest BCUT2D eigenvalue weighted by Crippen LogP contribution is -2.32. The maximum atomic E-state index is 12.8. The fourth-order valence-corrected chi connectivity index (χ4v) is 3.32. The van der Waals surface area contributed by atoms with Crippen LogP contribution in [0.3, 0.4) is 0 Å². The molecule has 2 rings (SSSR count). The molecule has 0 spiro atoms. The van der Waals surface area contributed by atoms with Gasteiger partial charge >= 0.3 is 11.9 Å². The lowest BCUT2D eigenvalue weighted by atomic mass is 9.79. The van der Waals surface area contributed by atoms with Crippen LogP contribution in [-0.2, 0) is 19.1 Å². The summed E-state index contributed by atoms with van der Waals surface area (Å²) in [6.45, 7) is 6.95. The Kier molecular flexibility index (Phi) is 6.98. The average Bonchev–Trinajstić information content (AvgIpc) is 2.66. The zero-order valence-corrected chi connectivity index (χ0v) is 17.0. The molecule has 0 radical (unpaired) electrons. The van der Waals surface area contributed by atoms with Crippen LogP contribution in [0.15, 0.2) is 40.7 Å². The van der Waals surface area contributed by atoms with E-state index < -0.39 is 22.8 Å². The zero-order chi connectivity index (χ0) is 21.7. The third-order valence-electron chi connectivity index (χ3n) is 4.49. The molecule has 9 nitrogen and oxygen atoms in total. The molecule has 0 bridgehead atoms. The topological polar surface area (TPSA) is 117 Å². The quantitative estimate of drug-likeness (QED) is 0.419. The van der Waals surface area contributed by atoms with Gasteiger partial charge in [-0.3, -0.25) is 10.1 Å². The predicted molar refractivity (Wildman–Crippen MR) is 104 cm³/mol. The molecule has 0 amide bonds. The number of carbonyl (C=O) groups excluding carboxylic acids is 2. The highest BCUT2D eigenvalue weighted by Gasteiger charge is 2.40. The summed E-state index contributed by atoms with van der Waals surface area (Å²) in [4.78, 5) is 36.3. The van der Waals surface area contributed by atoms with E-state index in [1.165, 1.54) is 25.3 Å². The fourth-order valence-electron chi connectivity index (χ4n) is 3.32. The van der Waals surface area contributed by atoms with Gasteiger partial charge in [0.05, 0.1) is 42.3 Å². The van der Waals surface area contributed by atoms with Crippen molar-refractivity contribution in [1.29, 1.82) is 0 Å². The first-order valence-electron chi connectivity index (χ1n) is 9.11. The Morgan fingerprint density at radius 2 is 1.59 bits per heavy atom. The van der Waals surface area contributed by atoms with Gasteiger partial charge in [-0.15, -0.1) is 0 Å². The number of allylic oxidation sites excluding steroid dienone is 2. The number of dihydropyridines is 1. The lowest BCUT2D eigenvalue weighted by molar-refractivity contribution is -0.384. The van der Waals surface area contributed by atoms with Crippen LogP contribution in [0.2, 0.25) is 0 Å². The number of hydrogen-bond acceptors (Lipinski definition) is 8. The van der Waals surface area contributed by atoms with E-state index in [0.717, 1.165) is 0 Å². The molecular formula is C20H24N2O7. The van der Waals surface area contributed by atoms with E-state index in [1.54, 1.807) is 27.7 Å². The van der Waals surface area contributed by atoms with Gasteiger partial charge in [0.25, 0.3) is 5.69 Å². The highest BCUT2D eigenvalue weighted by atomic mass is 16.6. The molecule has 0 fully saturated rings. The van der Waals surface area contributed by atoms with Crippen molar-refractivity contribution in [3.05, 3.63) is 56.4 Å². The molecule has 156 valence electrons. The van der Waals surface area contributed by atoms with Gasteiger partial charge in [-0.05, 0) is 33.8 Å². The van der Waals surface area contributed by atoms with Crippen LogP contribution in [-0.4, -0.2) is 37.2 Å². The molecule has 0 saturated carbocycles. The summed E-state index contributed by atoms with van der Waals surface area (Å²) in [6, 6.07) is 4.03. The van der Waals surface area contributed by atoms with E-state index in [1.807, 2.05) is 0 Å². The first kappa shape index (κ1) is 21.9. The smallest absolute Gasteiger partial charge is 0.336 e. The number of carbonyl (C=O) groups is 2. The van der Waals surface area contributed by atoms with E-state index >= 15 is 0 Å². The minimum absolute atomic E-state index is 0.131. The summed E-state index contributed by atoms with van der Waals surface area (Å²) in [6.07, 6.45) is 0. The molecule has 9 heteroatoms. The Balaban J connectivity index is 2.81. The van der Waals surface area contributed by atoms with E-state index in [4.69, 9.17) is 14.2 Å². The van der Waals surface area contributed by atoms with Gasteiger partial charge in [0, 0.05) is 29.1 Å².